The van der Waals surface area contributed by atoms with Crippen LogP contribution in [-0.2, 0) is 6.42 Å². The Morgan fingerprint density at radius 3 is 2.44 bits per heavy atom. The summed E-state index contributed by atoms with van der Waals surface area (Å²) in [7, 11) is 2.08. The first kappa shape index (κ1) is 13.2. The molecule has 90 valence electrons. The molecule has 0 fully saturated rings. The van der Waals surface area contributed by atoms with E-state index < -0.39 is 0 Å². The molecule has 1 rings (SSSR count). The van der Waals surface area contributed by atoms with E-state index in [9.17, 15) is 0 Å². The molecule has 0 aromatic heterocycles. The van der Waals surface area contributed by atoms with Gasteiger partial charge in [0.05, 0.1) is 0 Å². The molecular formula is C15H25N. The molecule has 1 aromatic rings. The molecule has 0 heterocycles. The monoisotopic (exact) mass is 219 g/mol. The Kier molecular flexibility index (Phi) is 6.17. The van der Waals surface area contributed by atoms with Crippen LogP contribution in [0.1, 0.15) is 38.7 Å². The van der Waals surface area contributed by atoms with Crippen molar-refractivity contribution in [1.29, 1.82) is 0 Å². The molecular weight excluding hydrogens is 194 g/mol. The zero-order valence-electron chi connectivity index (χ0n) is 10.9. The highest BCUT2D eigenvalue weighted by Gasteiger charge is 2.11. The van der Waals surface area contributed by atoms with E-state index in [4.69, 9.17) is 0 Å². The summed E-state index contributed by atoms with van der Waals surface area (Å²) in [5, 5.41) is 3.44. The van der Waals surface area contributed by atoms with E-state index >= 15 is 0 Å². The SMILES string of the molecule is CCCC(C)CC(Cc1ccccc1)NC. The molecule has 0 radical (unpaired) electrons. The second kappa shape index (κ2) is 7.45. The summed E-state index contributed by atoms with van der Waals surface area (Å²) in [6.45, 7) is 4.63. The Labute approximate surface area is 100 Å². The van der Waals surface area contributed by atoms with E-state index in [1.807, 2.05) is 0 Å². The zero-order valence-corrected chi connectivity index (χ0v) is 10.9. The van der Waals surface area contributed by atoms with Crippen LogP contribution in [0.5, 0.6) is 0 Å². The minimum Gasteiger partial charge on any atom is -0.317 e. The molecule has 16 heavy (non-hydrogen) atoms. The lowest BCUT2D eigenvalue weighted by Gasteiger charge is -2.20. The van der Waals surface area contributed by atoms with Gasteiger partial charge in [-0.25, -0.2) is 0 Å². The van der Waals surface area contributed by atoms with E-state index in [0.29, 0.717) is 6.04 Å². The minimum atomic E-state index is 0.615. The summed E-state index contributed by atoms with van der Waals surface area (Å²) in [5.74, 6) is 0.825. The van der Waals surface area contributed by atoms with Gasteiger partial charge in [-0.3, -0.25) is 0 Å². The van der Waals surface area contributed by atoms with Crippen LogP contribution in [0.15, 0.2) is 30.3 Å². The molecule has 0 bridgehead atoms. The summed E-state index contributed by atoms with van der Waals surface area (Å²) < 4.78 is 0. The van der Waals surface area contributed by atoms with Crippen LogP contribution < -0.4 is 5.32 Å². The van der Waals surface area contributed by atoms with Crippen LogP contribution in [0.25, 0.3) is 0 Å². The van der Waals surface area contributed by atoms with Gasteiger partial charge in [-0.15, -0.1) is 0 Å². The van der Waals surface area contributed by atoms with Gasteiger partial charge >= 0.3 is 0 Å². The van der Waals surface area contributed by atoms with E-state index in [0.717, 1.165) is 12.3 Å². The van der Waals surface area contributed by atoms with Crippen LogP contribution in [0, 0.1) is 5.92 Å². The largest absolute Gasteiger partial charge is 0.317 e. The van der Waals surface area contributed by atoms with Crippen molar-refractivity contribution in [3.05, 3.63) is 35.9 Å². The first-order chi connectivity index (χ1) is 7.76. The molecule has 1 N–H and O–H groups in total. The fourth-order valence-electron chi connectivity index (χ4n) is 2.30. The summed E-state index contributed by atoms with van der Waals surface area (Å²) in [5.41, 5.74) is 1.44. The van der Waals surface area contributed by atoms with Crippen molar-refractivity contribution >= 4 is 0 Å². The van der Waals surface area contributed by atoms with Crippen molar-refractivity contribution in [3.63, 3.8) is 0 Å². The van der Waals surface area contributed by atoms with Crippen LogP contribution in [0.3, 0.4) is 0 Å². The Balaban J connectivity index is 2.43. The van der Waals surface area contributed by atoms with E-state index in [1.54, 1.807) is 0 Å². The van der Waals surface area contributed by atoms with Crippen LogP contribution in [0.4, 0.5) is 0 Å². The quantitative estimate of drug-likeness (QED) is 0.738. The molecule has 0 amide bonds. The molecule has 1 aromatic carbocycles. The molecule has 1 heteroatoms. The predicted octanol–water partition coefficient (Wildman–Crippen LogP) is 3.64. The van der Waals surface area contributed by atoms with Gasteiger partial charge in [-0.2, -0.15) is 0 Å². The van der Waals surface area contributed by atoms with Crippen molar-refractivity contribution < 1.29 is 0 Å². The van der Waals surface area contributed by atoms with Gasteiger partial charge in [0.2, 0.25) is 0 Å². The van der Waals surface area contributed by atoms with Crippen molar-refractivity contribution in [3.8, 4) is 0 Å². The lowest BCUT2D eigenvalue weighted by molar-refractivity contribution is 0.397. The number of hydrogen-bond acceptors (Lipinski definition) is 1. The highest BCUT2D eigenvalue weighted by atomic mass is 14.9. The smallest absolute Gasteiger partial charge is 0.0107 e. The zero-order chi connectivity index (χ0) is 11.8. The van der Waals surface area contributed by atoms with Gasteiger partial charge < -0.3 is 5.32 Å². The molecule has 0 saturated carbocycles. The summed E-state index contributed by atoms with van der Waals surface area (Å²) in [4.78, 5) is 0. The first-order valence-corrected chi connectivity index (χ1v) is 6.47. The van der Waals surface area contributed by atoms with Gasteiger partial charge in [-0.1, -0.05) is 57.0 Å². The molecule has 0 aliphatic rings. The van der Waals surface area contributed by atoms with Gasteiger partial charge in [0.1, 0.15) is 0 Å². The third-order valence-electron chi connectivity index (χ3n) is 3.20. The van der Waals surface area contributed by atoms with Crippen molar-refractivity contribution in [2.24, 2.45) is 5.92 Å². The fourth-order valence-corrected chi connectivity index (χ4v) is 2.30. The summed E-state index contributed by atoms with van der Waals surface area (Å²) >= 11 is 0. The third kappa shape index (κ3) is 4.80. The van der Waals surface area contributed by atoms with Gasteiger partial charge in [-0.05, 0) is 31.4 Å². The van der Waals surface area contributed by atoms with Crippen LogP contribution in [0.2, 0.25) is 0 Å². The lowest BCUT2D eigenvalue weighted by Crippen LogP contribution is -2.29. The third-order valence-corrected chi connectivity index (χ3v) is 3.20. The maximum absolute atomic E-state index is 3.44. The molecule has 1 nitrogen and oxygen atoms in total. The second-order valence-corrected chi connectivity index (χ2v) is 4.80. The van der Waals surface area contributed by atoms with Crippen molar-refractivity contribution in [1.82, 2.24) is 5.32 Å². The average molecular weight is 219 g/mol. The van der Waals surface area contributed by atoms with Gasteiger partial charge in [0.25, 0.3) is 0 Å². The topological polar surface area (TPSA) is 12.0 Å². The van der Waals surface area contributed by atoms with E-state index in [1.165, 1.54) is 24.8 Å². The molecule has 2 atom stereocenters. The van der Waals surface area contributed by atoms with E-state index in [2.05, 4.69) is 56.5 Å². The minimum absolute atomic E-state index is 0.615. The highest BCUT2D eigenvalue weighted by molar-refractivity contribution is 5.15. The number of nitrogens with one attached hydrogen (secondary N) is 1. The molecule has 0 spiro atoms. The van der Waals surface area contributed by atoms with Crippen LogP contribution >= 0.6 is 0 Å². The maximum atomic E-state index is 3.44. The van der Waals surface area contributed by atoms with Gasteiger partial charge in [0, 0.05) is 6.04 Å². The number of rotatable bonds is 7. The molecule has 0 aliphatic heterocycles. The van der Waals surface area contributed by atoms with E-state index in [-0.39, 0.29) is 0 Å². The number of hydrogen-bond donors (Lipinski definition) is 1. The average Bonchev–Trinajstić information content (AvgIpc) is 2.30. The first-order valence-electron chi connectivity index (χ1n) is 6.47. The fraction of sp³-hybridized carbons (Fsp3) is 0.600. The standard InChI is InChI=1S/C15H25N/c1-4-8-13(2)11-15(16-3)12-14-9-6-5-7-10-14/h5-7,9-10,13,15-16H,4,8,11-12H2,1-3H3. The Morgan fingerprint density at radius 2 is 1.88 bits per heavy atom. The molecule has 2 unspecified atom stereocenters. The molecule has 0 saturated heterocycles. The lowest BCUT2D eigenvalue weighted by atomic mass is 9.93. The Bertz CT molecular complexity index is 268. The number of benzene rings is 1. The summed E-state index contributed by atoms with van der Waals surface area (Å²) in [6.07, 6.45) is 5.06. The van der Waals surface area contributed by atoms with Crippen LogP contribution in [-0.4, -0.2) is 13.1 Å². The second-order valence-electron chi connectivity index (χ2n) is 4.80. The predicted molar refractivity (Wildman–Crippen MR) is 71.7 cm³/mol. The Morgan fingerprint density at radius 1 is 1.19 bits per heavy atom. The summed E-state index contributed by atoms with van der Waals surface area (Å²) in [6, 6.07) is 11.4. The Hall–Kier alpha value is -0.820. The normalized spacial score (nSPS) is 14.7. The van der Waals surface area contributed by atoms with Gasteiger partial charge in [0.15, 0.2) is 0 Å². The molecule has 0 aliphatic carbocycles. The number of likely N-dealkylation sites (N-methyl/N-ethyl adjacent to an activating group) is 1. The highest BCUT2D eigenvalue weighted by Crippen LogP contribution is 2.15. The van der Waals surface area contributed by atoms with Crippen molar-refractivity contribution in [2.45, 2.75) is 45.6 Å². The maximum Gasteiger partial charge on any atom is 0.0107 e. The van der Waals surface area contributed by atoms with Crippen molar-refractivity contribution in [2.75, 3.05) is 7.05 Å².